The first kappa shape index (κ1) is 15.1. The molecular weight excluding hydrogens is 258 g/mol. The lowest BCUT2D eigenvalue weighted by molar-refractivity contribution is 0.0308. The van der Waals surface area contributed by atoms with Crippen LogP contribution < -0.4 is 5.32 Å². The maximum atomic E-state index is 6.18. The van der Waals surface area contributed by atoms with Crippen LogP contribution in [0.4, 0.5) is 0 Å². The van der Waals surface area contributed by atoms with Gasteiger partial charge < -0.3 is 10.1 Å². The number of benzene rings is 1. The van der Waals surface area contributed by atoms with Crippen molar-refractivity contribution in [2.75, 3.05) is 19.7 Å². The average molecular weight is 287 g/mol. The van der Waals surface area contributed by atoms with Gasteiger partial charge in [0.1, 0.15) is 0 Å². The predicted octanol–water partition coefficient (Wildman–Crippen LogP) is 3.64. The second-order valence-electron chi connectivity index (χ2n) is 7.19. The molecule has 2 nitrogen and oxygen atoms in total. The Bertz CT molecular complexity index is 474. The van der Waals surface area contributed by atoms with Gasteiger partial charge in [0.2, 0.25) is 0 Å². The van der Waals surface area contributed by atoms with E-state index in [1.165, 1.54) is 36.0 Å². The molecule has 1 N–H and O–H groups in total. The zero-order valence-corrected chi connectivity index (χ0v) is 13.7. The van der Waals surface area contributed by atoms with Crippen LogP contribution in [0.1, 0.15) is 42.9 Å². The molecule has 3 rings (SSSR count). The fraction of sp³-hybridized carbons (Fsp3) is 0.684. The van der Waals surface area contributed by atoms with Crippen LogP contribution in [0.25, 0.3) is 0 Å². The number of aryl methyl sites for hydroxylation is 2. The van der Waals surface area contributed by atoms with E-state index in [9.17, 15) is 0 Å². The molecule has 1 aliphatic heterocycles. The van der Waals surface area contributed by atoms with Gasteiger partial charge in [0.05, 0.1) is 6.10 Å². The number of hydrogen-bond acceptors (Lipinski definition) is 2. The molecule has 0 amide bonds. The van der Waals surface area contributed by atoms with Crippen molar-refractivity contribution in [2.45, 2.75) is 52.6 Å². The molecule has 21 heavy (non-hydrogen) atoms. The van der Waals surface area contributed by atoms with Gasteiger partial charge in [-0.2, -0.15) is 0 Å². The molecule has 1 saturated heterocycles. The molecule has 0 aromatic heterocycles. The molecule has 2 atom stereocenters. The zero-order chi connectivity index (χ0) is 14.9. The van der Waals surface area contributed by atoms with Crippen LogP contribution >= 0.6 is 0 Å². The fourth-order valence-electron chi connectivity index (χ4n) is 4.14. The normalized spacial score (nSPS) is 29.0. The molecule has 2 aliphatic rings. The summed E-state index contributed by atoms with van der Waals surface area (Å²) in [6, 6.07) is 7.00. The van der Waals surface area contributed by atoms with E-state index in [1.807, 2.05) is 0 Å². The average Bonchev–Trinajstić information content (AvgIpc) is 3.18. The lowest BCUT2D eigenvalue weighted by atomic mass is 9.73. The highest BCUT2D eigenvalue weighted by atomic mass is 16.5. The van der Waals surface area contributed by atoms with Crippen LogP contribution in [-0.4, -0.2) is 25.8 Å². The first-order chi connectivity index (χ1) is 10.1. The van der Waals surface area contributed by atoms with Crippen molar-refractivity contribution in [1.82, 2.24) is 5.32 Å². The minimum absolute atomic E-state index is 0.303. The van der Waals surface area contributed by atoms with E-state index in [1.54, 1.807) is 0 Å². The van der Waals surface area contributed by atoms with Crippen LogP contribution in [0.15, 0.2) is 18.2 Å². The van der Waals surface area contributed by atoms with Gasteiger partial charge in [-0.15, -0.1) is 0 Å². The highest BCUT2D eigenvalue weighted by Crippen LogP contribution is 2.49. The molecule has 2 heteroatoms. The van der Waals surface area contributed by atoms with Crippen molar-refractivity contribution in [2.24, 2.45) is 11.3 Å². The summed E-state index contributed by atoms with van der Waals surface area (Å²) in [5.74, 6) is 0.817. The molecule has 1 aromatic rings. The third-order valence-electron chi connectivity index (χ3n) is 5.12. The molecule has 2 unspecified atom stereocenters. The topological polar surface area (TPSA) is 21.3 Å². The van der Waals surface area contributed by atoms with Gasteiger partial charge in [-0.3, -0.25) is 0 Å². The lowest BCUT2D eigenvalue weighted by Crippen LogP contribution is -2.43. The Morgan fingerprint density at radius 1 is 1.19 bits per heavy atom. The maximum absolute atomic E-state index is 6.18. The highest BCUT2D eigenvalue weighted by molar-refractivity contribution is 5.30. The second-order valence-corrected chi connectivity index (χ2v) is 7.19. The van der Waals surface area contributed by atoms with Crippen LogP contribution in [0.3, 0.4) is 0 Å². The zero-order valence-electron chi connectivity index (χ0n) is 13.7. The molecular formula is C19H29NO. The highest BCUT2D eigenvalue weighted by Gasteiger charge is 2.50. The Balaban J connectivity index is 1.84. The SMILES string of the molecule is CCNCC1(Cc2cc(C)cc(C)c2)CCOC1C1CC1. The van der Waals surface area contributed by atoms with E-state index in [0.717, 1.165) is 32.0 Å². The van der Waals surface area contributed by atoms with Gasteiger partial charge in [0.25, 0.3) is 0 Å². The predicted molar refractivity (Wildman–Crippen MR) is 87.7 cm³/mol. The van der Waals surface area contributed by atoms with Gasteiger partial charge in [0, 0.05) is 18.6 Å². The van der Waals surface area contributed by atoms with Crippen molar-refractivity contribution >= 4 is 0 Å². The minimum atomic E-state index is 0.303. The van der Waals surface area contributed by atoms with Gasteiger partial charge in [-0.05, 0) is 57.6 Å². The van der Waals surface area contributed by atoms with E-state index in [4.69, 9.17) is 4.74 Å². The Morgan fingerprint density at radius 3 is 2.52 bits per heavy atom. The number of ether oxygens (including phenoxy) is 1. The van der Waals surface area contributed by atoms with Gasteiger partial charge >= 0.3 is 0 Å². The van der Waals surface area contributed by atoms with E-state index in [0.29, 0.717) is 11.5 Å². The second kappa shape index (κ2) is 6.10. The Morgan fingerprint density at radius 2 is 1.90 bits per heavy atom. The van der Waals surface area contributed by atoms with Crippen molar-refractivity contribution in [3.63, 3.8) is 0 Å². The van der Waals surface area contributed by atoms with Crippen LogP contribution in [-0.2, 0) is 11.2 Å². The molecule has 2 fully saturated rings. The third-order valence-corrected chi connectivity index (χ3v) is 5.12. The van der Waals surface area contributed by atoms with E-state index < -0.39 is 0 Å². The van der Waals surface area contributed by atoms with Crippen molar-refractivity contribution in [3.05, 3.63) is 34.9 Å². The molecule has 0 bridgehead atoms. The molecule has 1 saturated carbocycles. The van der Waals surface area contributed by atoms with Gasteiger partial charge in [-0.1, -0.05) is 36.2 Å². The molecule has 0 radical (unpaired) electrons. The molecule has 116 valence electrons. The molecule has 1 aliphatic carbocycles. The number of rotatable bonds is 6. The van der Waals surface area contributed by atoms with E-state index in [2.05, 4.69) is 44.3 Å². The Labute approximate surface area is 129 Å². The minimum Gasteiger partial charge on any atom is -0.377 e. The maximum Gasteiger partial charge on any atom is 0.0675 e. The number of nitrogens with one attached hydrogen (secondary N) is 1. The van der Waals surface area contributed by atoms with Crippen LogP contribution in [0, 0.1) is 25.2 Å². The molecule has 0 spiro atoms. The first-order valence-corrected chi connectivity index (χ1v) is 8.52. The van der Waals surface area contributed by atoms with Crippen LogP contribution in [0.5, 0.6) is 0 Å². The van der Waals surface area contributed by atoms with E-state index in [-0.39, 0.29) is 0 Å². The fourth-order valence-corrected chi connectivity index (χ4v) is 4.14. The summed E-state index contributed by atoms with van der Waals surface area (Å²) in [5, 5.41) is 3.61. The standard InChI is InChI=1S/C19H29NO/c1-4-20-13-19(7-8-21-18(19)17-5-6-17)12-16-10-14(2)9-15(3)11-16/h9-11,17-18,20H,4-8,12-13H2,1-3H3. The summed E-state index contributed by atoms with van der Waals surface area (Å²) in [6.07, 6.45) is 5.56. The summed E-state index contributed by atoms with van der Waals surface area (Å²) in [7, 11) is 0. The summed E-state index contributed by atoms with van der Waals surface area (Å²) in [4.78, 5) is 0. The molecule has 1 heterocycles. The number of hydrogen-bond donors (Lipinski definition) is 1. The van der Waals surface area contributed by atoms with E-state index >= 15 is 0 Å². The van der Waals surface area contributed by atoms with Crippen molar-refractivity contribution in [1.29, 1.82) is 0 Å². The first-order valence-electron chi connectivity index (χ1n) is 8.52. The van der Waals surface area contributed by atoms with Gasteiger partial charge in [-0.25, -0.2) is 0 Å². The van der Waals surface area contributed by atoms with Gasteiger partial charge in [0.15, 0.2) is 0 Å². The quantitative estimate of drug-likeness (QED) is 0.862. The summed E-state index contributed by atoms with van der Waals surface area (Å²) >= 11 is 0. The monoisotopic (exact) mass is 287 g/mol. The van der Waals surface area contributed by atoms with Crippen molar-refractivity contribution in [3.8, 4) is 0 Å². The lowest BCUT2D eigenvalue weighted by Gasteiger charge is -2.35. The summed E-state index contributed by atoms with van der Waals surface area (Å²) in [6.45, 7) is 9.70. The smallest absolute Gasteiger partial charge is 0.0675 e. The largest absolute Gasteiger partial charge is 0.377 e. The van der Waals surface area contributed by atoms with Crippen LogP contribution in [0.2, 0.25) is 0 Å². The summed E-state index contributed by atoms with van der Waals surface area (Å²) < 4.78 is 6.18. The summed E-state index contributed by atoms with van der Waals surface area (Å²) in [5.41, 5.74) is 4.55. The Kier molecular flexibility index (Phi) is 4.37. The molecule has 1 aromatic carbocycles. The third kappa shape index (κ3) is 3.32. The Hall–Kier alpha value is -0.860. The van der Waals surface area contributed by atoms with Crippen molar-refractivity contribution < 1.29 is 4.74 Å².